The molecule has 6 heteroatoms. The van der Waals surface area contributed by atoms with Crippen molar-refractivity contribution in [2.75, 3.05) is 0 Å². The van der Waals surface area contributed by atoms with Gasteiger partial charge in [0.25, 0.3) is 5.91 Å². The maximum Gasteiger partial charge on any atom is 0.326 e. The molecule has 0 fully saturated rings. The van der Waals surface area contributed by atoms with E-state index in [1.807, 2.05) is 12.3 Å². The number of amides is 1. The number of carbonyl (C=O) groups is 2. The molecule has 0 aliphatic rings. The van der Waals surface area contributed by atoms with Crippen LogP contribution in [0.3, 0.4) is 0 Å². The number of aliphatic carboxylic acids is 1. The van der Waals surface area contributed by atoms with Crippen LogP contribution in [0.25, 0.3) is 0 Å². The molecule has 0 spiro atoms. The Morgan fingerprint density at radius 3 is 2.48 bits per heavy atom. The number of aryl methyl sites for hydroxylation is 1. The molecule has 1 amide bonds. The average Bonchev–Trinajstić information content (AvgIpc) is 2.87. The van der Waals surface area contributed by atoms with Gasteiger partial charge in [-0.3, -0.25) is 4.79 Å². The van der Waals surface area contributed by atoms with Crippen LogP contribution in [0.1, 0.15) is 20.8 Å². The molecule has 0 radical (unpaired) electrons. The third-order valence-electron chi connectivity index (χ3n) is 2.93. The van der Waals surface area contributed by atoms with Crippen molar-refractivity contribution in [3.63, 3.8) is 0 Å². The molecule has 0 bridgehead atoms. The monoisotopic (exact) mass is 305 g/mol. The van der Waals surface area contributed by atoms with Crippen molar-refractivity contribution >= 4 is 23.2 Å². The van der Waals surface area contributed by atoms with Gasteiger partial charge in [0.15, 0.2) is 0 Å². The predicted molar refractivity (Wildman–Crippen MR) is 79.8 cm³/mol. The van der Waals surface area contributed by atoms with Crippen LogP contribution in [0.5, 0.6) is 5.75 Å². The summed E-state index contributed by atoms with van der Waals surface area (Å²) in [7, 11) is 0. The standard InChI is InChI=1S/C15H15NO4S/c1-9-6-13(21-8-9)14(18)16-12(15(19)20)7-10-2-4-11(17)5-3-10/h2-6,8,12,17H,7H2,1H3,(H,16,18)(H,19,20)/t12-/m0/s1. The van der Waals surface area contributed by atoms with Crippen LogP contribution in [0.4, 0.5) is 0 Å². The summed E-state index contributed by atoms with van der Waals surface area (Å²) >= 11 is 1.28. The van der Waals surface area contributed by atoms with Gasteiger partial charge in [-0.05, 0) is 41.6 Å². The maximum atomic E-state index is 12.0. The average molecular weight is 305 g/mol. The lowest BCUT2D eigenvalue weighted by Gasteiger charge is -2.14. The number of aromatic hydroxyl groups is 1. The number of rotatable bonds is 5. The minimum Gasteiger partial charge on any atom is -0.508 e. The van der Waals surface area contributed by atoms with E-state index in [4.69, 9.17) is 0 Å². The first-order valence-corrected chi connectivity index (χ1v) is 7.20. The summed E-state index contributed by atoms with van der Waals surface area (Å²) < 4.78 is 0. The molecule has 110 valence electrons. The number of benzene rings is 1. The zero-order chi connectivity index (χ0) is 15.4. The van der Waals surface area contributed by atoms with Crippen LogP contribution >= 0.6 is 11.3 Å². The Bertz CT molecular complexity index is 648. The molecule has 0 saturated carbocycles. The number of nitrogens with one attached hydrogen (secondary N) is 1. The van der Waals surface area contributed by atoms with E-state index in [2.05, 4.69) is 5.32 Å². The van der Waals surface area contributed by atoms with Gasteiger partial charge in [-0.2, -0.15) is 0 Å². The Hall–Kier alpha value is -2.34. The van der Waals surface area contributed by atoms with Gasteiger partial charge in [-0.15, -0.1) is 11.3 Å². The van der Waals surface area contributed by atoms with E-state index in [0.717, 1.165) is 11.1 Å². The first-order valence-electron chi connectivity index (χ1n) is 6.32. The van der Waals surface area contributed by atoms with Gasteiger partial charge < -0.3 is 15.5 Å². The van der Waals surface area contributed by atoms with Gasteiger partial charge in [-0.1, -0.05) is 12.1 Å². The van der Waals surface area contributed by atoms with E-state index >= 15 is 0 Å². The second-order valence-electron chi connectivity index (χ2n) is 4.72. The molecule has 1 atom stereocenters. The highest BCUT2D eigenvalue weighted by Crippen LogP contribution is 2.15. The molecule has 1 aromatic carbocycles. The third kappa shape index (κ3) is 4.06. The molecular formula is C15H15NO4S. The van der Waals surface area contributed by atoms with E-state index < -0.39 is 12.0 Å². The molecule has 1 heterocycles. The van der Waals surface area contributed by atoms with Gasteiger partial charge in [0, 0.05) is 6.42 Å². The molecule has 21 heavy (non-hydrogen) atoms. The van der Waals surface area contributed by atoms with E-state index in [1.165, 1.54) is 23.5 Å². The van der Waals surface area contributed by atoms with Crippen molar-refractivity contribution in [1.82, 2.24) is 5.32 Å². The molecule has 2 rings (SSSR count). The van der Waals surface area contributed by atoms with Gasteiger partial charge in [0.05, 0.1) is 4.88 Å². The highest BCUT2D eigenvalue weighted by Gasteiger charge is 2.21. The van der Waals surface area contributed by atoms with Crippen LogP contribution in [0.15, 0.2) is 35.7 Å². The molecule has 5 nitrogen and oxygen atoms in total. The van der Waals surface area contributed by atoms with E-state index in [0.29, 0.717) is 4.88 Å². The first-order chi connectivity index (χ1) is 9.95. The first kappa shape index (κ1) is 15.1. The lowest BCUT2D eigenvalue weighted by atomic mass is 10.1. The second kappa shape index (κ2) is 6.41. The van der Waals surface area contributed by atoms with Crippen LogP contribution in [0.2, 0.25) is 0 Å². The highest BCUT2D eigenvalue weighted by molar-refractivity contribution is 7.12. The fourth-order valence-electron chi connectivity index (χ4n) is 1.85. The quantitative estimate of drug-likeness (QED) is 0.790. The summed E-state index contributed by atoms with van der Waals surface area (Å²) in [5.41, 5.74) is 1.69. The van der Waals surface area contributed by atoms with Crippen LogP contribution < -0.4 is 5.32 Å². The highest BCUT2D eigenvalue weighted by atomic mass is 32.1. The van der Waals surface area contributed by atoms with Crippen molar-refractivity contribution in [2.45, 2.75) is 19.4 Å². The van der Waals surface area contributed by atoms with Crippen LogP contribution in [-0.4, -0.2) is 28.1 Å². The molecular weight excluding hydrogens is 290 g/mol. The lowest BCUT2D eigenvalue weighted by Crippen LogP contribution is -2.42. The molecule has 0 unspecified atom stereocenters. The number of carboxylic acids is 1. The minimum atomic E-state index is -1.09. The Labute approximate surface area is 125 Å². The number of phenolic OH excluding ortho intramolecular Hbond substituents is 1. The fourth-order valence-corrected chi connectivity index (χ4v) is 2.65. The topological polar surface area (TPSA) is 86.6 Å². The summed E-state index contributed by atoms with van der Waals surface area (Å²) in [6.45, 7) is 1.87. The SMILES string of the molecule is Cc1csc(C(=O)N[C@@H](Cc2ccc(O)cc2)C(=O)O)c1. The smallest absolute Gasteiger partial charge is 0.326 e. The Balaban J connectivity index is 2.07. The largest absolute Gasteiger partial charge is 0.508 e. The summed E-state index contributed by atoms with van der Waals surface area (Å²) in [4.78, 5) is 23.8. The molecule has 0 saturated heterocycles. The second-order valence-corrected chi connectivity index (χ2v) is 5.63. The van der Waals surface area contributed by atoms with Crippen LogP contribution in [0, 0.1) is 6.92 Å². The van der Waals surface area contributed by atoms with Gasteiger partial charge in [0.1, 0.15) is 11.8 Å². The number of carboxylic acid groups (broad SMARTS) is 1. The fraction of sp³-hybridized carbons (Fsp3) is 0.200. The number of hydrogen-bond acceptors (Lipinski definition) is 4. The van der Waals surface area contributed by atoms with Crippen molar-refractivity contribution in [3.8, 4) is 5.75 Å². The Morgan fingerprint density at radius 1 is 1.29 bits per heavy atom. The summed E-state index contributed by atoms with van der Waals surface area (Å²) in [6, 6.07) is 6.94. The minimum absolute atomic E-state index is 0.115. The van der Waals surface area contributed by atoms with E-state index in [9.17, 15) is 19.8 Å². The molecule has 0 aliphatic heterocycles. The normalized spacial score (nSPS) is 11.9. The van der Waals surface area contributed by atoms with Crippen molar-refractivity contribution in [1.29, 1.82) is 0 Å². The lowest BCUT2D eigenvalue weighted by molar-refractivity contribution is -0.139. The number of phenols is 1. The zero-order valence-corrected chi connectivity index (χ0v) is 12.2. The van der Waals surface area contributed by atoms with Gasteiger partial charge in [-0.25, -0.2) is 4.79 Å². The number of carbonyl (C=O) groups excluding carboxylic acids is 1. The molecule has 2 aromatic rings. The predicted octanol–water partition coefficient (Wildman–Crippen LogP) is 2.19. The number of thiophene rings is 1. The van der Waals surface area contributed by atoms with Gasteiger partial charge >= 0.3 is 5.97 Å². The Morgan fingerprint density at radius 2 is 1.95 bits per heavy atom. The summed E-state index contributed by atoms with van der Waals surface area (Å²) in [5, 5.41) is 22.8. The van der Waals surface area contributed by atoms with Crippen molar-refractivity contribution < 1.29 is 19.8 Å². The van der Waals surface area contributed by atoms with Crippen molar-refractivity contribution in [2.24, 2.45) is 0 Å². The van der Waals surface area contributed by atoms with Gasteiger partial charge in [0.2, 0.25) is 0 Å². The zero-order valence-electron chi connectivity index (χ0n) is 11.4. The van der Waals surface area contributed by atoms with E-state index in [-0.39, 0.29) is 18.1 Å². The van der Waals surface area contributed by atoms with Crippen LogP contribution in [-0.2, 0) is 11.2 Å². The Kier molecular flexibility index (Phi) is 4.59. The maximum absolute atomic E-state index is 12.0. The number of hydrogen-bond donors (Lipinski definition) is 3. The molecule has 0 aliphatic carbocycles. The summed E-state index contributed by atoms with van der Waals surface area (Å²) in [5.74, 6) is -1.37. The molecule has 3 N–H and O–H groups in total. The summed E-state index contributed by atoms with van der Waals surface area (Å²) in [6.07, 6.45) is 0.158. The molecule has 1 aromatic heterocycles. The van der Waals surface area contributed by atoms with E-state index in [1.54, 1.807) is 18.2 Å². The van der Waals surface area contributed by atoms with Crippen molar-refractivity contribution in [3.05, 3.63) is 51.7 Å². The third-order valence-corrected chi connectivity index (χ3v) is 3.98.